The van der Waals surface area contributed by atoms with Crippen molar-refractivity contribution in [3.8, 4) is 0 Å². The summed E-state index contributed by atoms with van der Waals surface area (Å²) in [7, 11) is 0. The van der Waals surface area contributed by atoms with E-state index in [4.69, 9.17) is 39.5 Å². The zero-order chi connectivity index (χ0) is 15.4. The molecule has 3 nitrogen and oxygen atoms in total. The summed E-state index contributed by atoms with van der Waals surface area (Å²) in [4.78, 5) is 23.7. The summed E-state index contributed by atoms with van der Waals surface area (Å²) in [6, 6.07) is 10.8. The number of ketones is 1. The van der Waals surface area contributed by atoms with Crippen LogP contribution in [0.5, 0.6) is 0 Å². The number of benzene rings is 2. The fraction of sp³-hybridized carbons (Fsp3) is 0.0667. The van der Waals surface area contributed by atoms with Crippen LogP contribution >= 0.6 is 34.8 Å². The summed E-state index contributed by atoms with van der Waals surface area (Å²) in [5.74, 6) is -1.04. The van der Waals surface area contributed by atoms with E-state index in [0.29, 0.717) is 10.0 Å². The Hall–Kier alpha value is -1.55. The van der Waals surface area contributed by atoms with Gasteiger partial charge in [0.1, 0.15) is 0 Å². The first-order valence-corrected chi connectivity index (χ1v) is 7.01. The van der Waals surface area contributed by atoms with Crippen LogP contribution in [0.2, 0.25) is 15.1 Å². The molecule has 0 unspecified atom stereocenters. The molecule has 0 heterocycles. The molecule has 2 rings (SSSR count). The Morgan fingerprint density at radius 3 is 2.33 bits per heavy atom. The number of hydrogen-bond acceptors (Lipinski definition) is 3. The molecule has 0 bridgehead atoms. The van der Waals surface area contributed by atoms with Crippen molar-refractivity contribution in [2.45, 2.75) is 0 Å². The van der Waals surface area contributed by atoms with Crippen molar-refractivity contribution in [1.82, 2.24) is 0 Å². The fourth-order valence-corrected chi connectivity index (χ4v) is 2.33. The van der Waals surface area contributed by atoms with E-state index >= 15 is 0 Å². The monoisotopic (exact) mass is 342 g/mol. The lowest BCUT2D eigenvalue weighted by molar-refractivity contribution is 0.0475. The Bertz CT molecular complexity index is 698. The highest BCUT2D eigenvalue weighted by atomic mass is 35.5. The summed E-state index contributed by atoms with van der Waals surface area (Å²) in [5.41, 5.74) is 0.525. The normalized spacial score (nSPS) is 10.2. The van der Waals surface area contributed by atoms with Crippen LogP contribution in [0.4, 0.5) is 0 Å². The van der Waals surface area contributed by atoms with Crippen molar-refractivity contribution in [3.63, 3.8) is 0 Å². The Morgan fingerprint density at radius 2 is 1.67 bits per heavy atom. The minimum absolute atomic E-state index is 0.214. The number of esters is 1. The molecular formula is C15H9Cl3O3. The van der Waals surface area contributed by atoms with Crippen molar-refractivity contribution < 1.29 is 14.3 Å². The maximum atomic E-state index is 11.9. The zero-order valence-corrected chi connectivity index (χ0v) is 12.9. The molecule has 0 aliphatic rings. The van der Waals surface area contributed by atoms with Gasteiger partial charge in [-0.25, -0.2) is 4.79 Å². The second kappa shape index (κ2) is 6.94. The number of carbonyl (C=O) groups is 2. The van der Waals surface area contributed by atoms with Crippen LogP contribution < -0.4 is 0 Å². The molecule has 108 valence electrons. The summed E-state index contributed by atoms with van der Waals surface area (Å²) < 4.78 is 4.95. The number of halogens is 3. The molecule has 0 spiro atoms. The third-order valence-electron chi connectivity index (χ3n) is 2.63. The fourth-order valence-electron chi connectivity index (χ4n) is 1.62. The minimum atomic E-state index is -0.629. The third-order valence-corrected chi connectivity index (χ3v) is 3.41. The Labute approximate surface area is 136 Å². The van der Waals surface area contributed by atoms with E-state index in [1.165, 1.54) is 18.2 Å². The van der Waals surface area contributed by atoms with E-state index < -0.39 is 18.4 Å². The predicted octanol–water partition coefficient (Wildman–Crippen LogP) is 4.69. The van der Waals surface area contributed by atoms with Gasteiger partial charge in [-0.1, -0.05) is 40.9 Å². The van der Waals surface area contributed by atoms with Gasteiger partial charge in [-0.05, 0) is 36.4 Å². The highest BCUT2D eigenvalue weighted by molar-refractivity contribution is 6.36. The van der Waals surface area contributed by atoms with Gasteiger partial charge in [0, 0.05) is 15.6 Å². The molecule has 0 aromatic heterocycles. The molecule has 2 aromatic rings. The first-order valence-electron chi connectivity index (χ1n) is 5.88. The van der Waals surface area contributed by atoms with Gasteiger partial charge in [0.05, 0.1) is 10.6 Å². The predicted molar refractivity (Wildman–Crippen MR) is 82.5 cm³/mol. The van der Waals surface area contributed by atoms with Crippen LogP contribution in [-0.2, 0) is 4.74 Å². The summed E-state index contributed by atoms with van der Waals surface area (Å²) >= 11 is 17.4. The van der Waals surface area contributed by atoms with E-state index in [1.54, 1.807) is 24.3 Å². The number of rotatable bonds is 4. The van der Waals surface area contributed by atoms with Gasteiger partial charge < -0.3 is 4.74 Å². The Kier molecular flexibility index (Phi) is 5.23. The van der Waals surface area contributed by atoms with Gasteiger partial charge in [-0.15, -0.1) is 0 Å². The van der Waals surface area contributed by atoms with Crippen molar-refractivity contribution in [2.75, 3.05) is 6.61 Å². The smallest absolute Gasteiger partial charge is 0.338 e. The molecular weight excluding hydrogens is 335 g/mol. The number of carbonyl (C=O) groups excluding carboxylic acids is 2. The van der Waals surface area contributed by atoms with Crippen molar-refractivity contribution in [1.29, 1.82) is 0 Å². The molecule has 0 N–H and O–H groups in total. The molecule has 2 aromatic carbocycles. The average molecular weight is 344 g/mol. The molecule has 0 aliphatic carbocycles. The zero-order valence-electron chi connectivity index (χ0n) is 10.6. The Balaban J connectivity index is 2.02. The SMILES string of the molecule is O=C(OCC(=O)c1ccc(Cl)cc1Cl)c1cccc(Cl)c1. The maximum Gasteiger partial charge on any atom is 0.338 e. The van der Waals surface area contributed by atoms with Crippen molar-refractivity contribution in [2.24, 2.45) is 0 Å². The second-order valence-corrected chi connectivity index (χ2v) is 5.41. The lowest BCUT2D eigenvalue weighted by atomic mass is 10.1. The minimum Gasteiger partial charge on any atom is -0.454 e. The summed E-state index contributed by atoms with van der Waals surface area (Å²) in [6.45, 7) is -0.410. The molecule has 6 heteroatoms. The van der Waals surface area contributed by atoms with E-state index in [2.05, 4.69) is 0 Å². The molecule has 21 heavy (non-hydrogen) atoms. The molecule has 0 fully saturated rings. The third kappa shape index (κ3) is 4.21. The van der Waals surface area contributed by atoms with Gasteiger partial charge in [-0.2, -0.15) is 0 Å². The second-order valence-electron chi connectivity index (χ2n) is 4.13. The van der Waals surface area contributed by atoms with E-state index in [0.717, 1.165) is 0 Å². The van der Waals surface area contributed by atoms with Crippen molar-refractivity contribution in [3.05, 3.63) is 68.7 Å². The van der Waals surface area contributed by atoms with E-state index in [-0.39, 0.29) is 16.1 Å². The number of ether oxygens (including phenoxy) is 1. The number of hydrogen-bond donors (Lipinski definition) is 0. The van der Waals surface area contributed by atoms with Gasteiger partial charge in [0.25, 0.3) is 0 Å². The number of Topliss-reactive ketones (excluding diaryl/α,β-unsaturated/α-hetero) is 1. The average Bonchev–Trinajstić information content (AvgIpc) is 2.44. The quantitative estimate of drug-likeness (QED) is 0.597. The Morgan fingerprint density at radius 1 is 0.952 bits per heavy atom. The largest absolute Gasteiger partial charge is 0.454 e. The van der Waals surface area contributed by atoms with Crippen molar-refractivity contribution >= 4 is 46.6 Å². The van der Waals surface area contributed by atoms with Crippen LogP contribution in [0.3, 0.4) is 0 Å². The first-order chi connectivity index (χ1) is 9.97. The molecule has 0 saturated carbocycles. The lowest BCUT2D eigenvalue weighted by Crippen LogP contribution is -2.14. The van der Waals surface area contributed by atoms with Gasteiger partial charge >= 0.3 is 5.97 Å². The van der Waals surface area contributed by atoms with Gasteiger partial charge in [0.2, 0.25) is 5.78 Å². The van der Waals surface area contributed by atoms with Crippen LogP contribution in [0.25, 0.3) is 0 Å². The molecule has 0 amide bonds. The molecule has 0 aliphatic heterocycles. The first kappa shape index (κ1) is 15.8. The van der Waals surface area contributed by atoms with Crippen LogP contribution in [0.15, 0.2) is 42.5 Å². The topological polar surface area (TPSA) is 43.4 Å². The van der Waals surface area contributed by atoms with Crippen LogP contribution in [0, 0.1) is 0 Å². The van der Waals surface area contributed by atoms with Crippen LogP contribution in [-0.4, -0.2) is 18.4 Å². The highest BCUT2D eigenvalue weighted by Crippen LogP contribution is 2.21. The van der Waals surface area contributed by atoms with E-state index in [9.17, 15) is 9.59 Å². The lowest BCUT2D eigenvalue weighted by Gasteiger charge is -2.06. The maximum absolute atomic E-state index is 11.9. The van der Waals surface area contributed by atoms with Crippen LogP contribution in [0.1, 0.15) is 20.7 Å². The highest BCUT2D eigenvalue weighted by Gasteiger charge is 2.14. The van der Waals surface area contributed by atoms with Gasteiger partial charge in [0.15, 0.2) is 6.61 Å². The van der Waals surface area contributed by atoms with Gasteiger partial charge in [-0.3, -0.25) is 4.79 Å². The summed E-state index contributed by atoms with van der Waals surface area (Å²) in [5, 5.41) is 1.05. The standard InChI is InChI=1S/C15H9Cl3O3/c16-10-3-1-2-9(6-10)15(20)21-8-14(19)12-5-4-11(17)7-13(12)18/h1-7H,8H2. The summed E-state index contributed by atoms with van der Waals surface area (Å²) in [6.07, 6.45) is 0. The molecule has 0 atom stereocenters. The molecule has 0 radical (unpaired) electrons. The van der Waals surface area contributed by atoms with E-state index in [1.807, 2.05) is 0 Å². The molecule has 0 saturated heterocycles.